The molecule has 4 nitrogen and oxygen atoms in total. The Morgan fingerprint density at radius 3 is 2.52 bits per heavy atom. The number of hydrogen-bond acceptors (Lipinski definition) is 4. The molecule has 0 saturated carbocycles. The highest BCUT2D eigenvalue weighted by molar-refractivity contribution is 7.90. The van der Waals surface area contributed by atoms with Crippen LogP contribution < -0.4 is 5.32 Å². The lowest BCUT2D eigenvalue weighted by molar-refractivity contribution is 0.588. The van der Waals surface area contributed by atoms with Gasteiger partial charge < -0.3 is 5.32 Å². The Bertz CT molecular complexity index is 857. The minimum Gasteiger partial charge on any atom is -0.316 e. The number of thiophene rings is 1. The van der Waals surface area contributed by atoms with Crippen LogP contribution in [0.4, 0.5) is 0 Å². The zero-order valence-electron chi connectivity index (χ0n) is 12.5. The van der Waals surface area contributed by atoms with Crippen LogP contribution in [0, 0.1) is 0 Å². The highest BCUT2D eigenvalue weighted by Crippen LogP contribution is 2.27. The third kappa shape index (κ3) is 3.50. The number of benzene rings is 1. The Labute approximate surface area is 146 Å². The maximum absolute atomic E-state index is 12.9. The molecule has 2 heterocycles. The fourth-order valence-corrected chi connectivity index (χ4v) is 4.74. The van der Waals surface area contributed by atoms with Crippen molar-refractivity contribution in [3.8, 4) is 11.3 Å². The SMILES string of the molecule is CNCc1cc(-c2ccccc2)n(S(=O)(=O)c2ccsc2)c1.Cl. The van der Waals surface area contributed by atoms with Gasteiger partial charge in [0.25, 0.3) is 10.0 Å². The summed E-state index contributed by atoms with van der Waals surface area (Å²) in [5.41, 5.74) is 2.49. The summed E-state index contributed by atoms with van der Waals surface area (Å²) in [5, 5.41) is 6.48. The maximum Gasteiger partial charge on any atom is 0.268 e. The van der Waals surface area contributed by atoms with E-state index in [1.165, 1.54) is 15.3 Å². The molecule has 23 heavy (non-hydrogen) atoms. The molecule has 0 aliphatic carbocycles. The molecule has 0 aliphatic rings. The van der Waals surface area contributed by atoms with E-state index in [0.29, 0.717) is 17.1 Å². The molecule has 0 fully saturated rings. The number of aromatic nitrogens is 1. The lowest BCUT2D eigenvalue weighted by atomic mass is 10.1. The lowest BCUT2D eigenvalue weighted by Gasteiger charge is -2.09. The lowest BCUT2D eigenvalue weighted by Crippen LogP contribution is -2.12. The minimum absolute atomic E-state index is 0. The molecule has 1 N–H and O–H groups in total. The summed E-state index contributed by atoms with van der Waals surface area (Å²) in [4.78, 5) is 0.321. The summed E-state index contributed by atoms with van der Waals surface area (Å²) >= 11 is 1.38. The predicted molar refractivity (Wildman–Crippen MR) is 96.8 cm³/mol. The molecule has 0 radical (unpaired) electrons. The first-order chi connectivity index (χ1) is 10.6. The zero-order chi connectivity index (χ0) is 15.6. The molecule has 1 aromatic carbocycles. The van der Waals surface area contributed by atoms with E-state index in [9.17, 15) is 8.42 Å². The fraction of sp³-hybridized carbons (Fsp3) is 0.125. The minimum atomic E-state index is -3.57. The molecule has 0 bridgehead atoms. The van der Waals surface area contributed by atoms with E-state index in [4.69, 9.17) is 0 Å². The van der Waals surface area contributed by atoms with E-state index in [-0.39, 0.29) is 12.4 Å². The first-order valence-electron chi connectivity index (χ1n) is 6.82. The molecular formula is C16H17ClN2O2S2. The Balaban J connectivity index is 0.00000192. The van der Waals surface area contributed by atoms with Crippen LogP contribution in [0.3, 0.4) is 0 Å². The molecule has 7 heteroatoms. The summed E-state index contributed by atoms with van der Waals surface area (Å²) in [7, 11) is -1.73. The van der Waals surface area contributed by atoms with E-state index in [1.54, 1.807) is 23.0 Å². The van der Waals surface area contributed by atoms with Gasteiger partial charge in [-0.15, -0.1) is 12.4 Å². The normalized spacial score (nSPS) is 11.2. The molecule has 0 atom stereocenters. The molecule has 0 saturated heterocycles. The van der Waals surface area contributed by atoms with Gasteiger partial charge in [-0.2, -0.15) is 11.3 Å². The largest absolute Gasteiger partial charge is 0.316 e. The third-order valence-corrected chi connectivity index (χ3v) is 5.85. The monoisotopic (exact) mass is 368 g/mol. The molecule has 0 unspecified atom stereocenters. The first-order valence-corrected chi connectivity index (χ1v) is 9.20. The van der Waals surface area contributed by atoms with Crippen LogP contribution in [0.25, 0.3) is 11.3 Å². The average molecular weight is 369 g/mol. The van der Waals surface area contributed by atoms with Crippen LogP contribution in [0.15, 0.2) is 64.3 Å². The van der Waals surface area contributed by atoms with Gasteiger partial charge in [0.1, 0.15) is 0 Å². The van der Waals surface area contributed by atoms with Crippen molar-refractivity contribution >= 4 is 33.8 Å². The molecule has 3 rings (SSSR count). The van der Waals surface area contributed by atoms with E-state index >= 15 is 0 Å². The third-order valence-electron chi connectivity index (χ3n) is 3.34. The molecule has 2 aromatic heterocycles. The van der Waals surface area contributed by atoms with Crippen LogP contribution >= 0.6 is 23.7 Å². The summed E-state index contributed by atoms with van der Waals surface area (Å²) in [5.74, 6) is 0. The van der Waals surface area contributed by atoms with Crippen LogP contribution in [-0.4, -0.2) is 19.4 Å². The van der Waals surface area contributed by atoms with Gasteiger partial charge in [-0.3, -0.25) is 0 Å². The van der Waals surface area contributed by atoms with E-state index in [2.05, 4.69) is 5.32 Å². The van der Waals surface area contributed by atoms with Gasteiger partial charge in [0.15, 0.2) is 0 Å². The van der Waals surface area contributed by atoms with Crippen molar-refractivity contribution in [1.29, 1.82) is 0 Å². The van der Waals surface area contributed by atoms with Crippen molar-refractivity contribution in [3.63, 3.8) is 0 Å². The van der Waals surface area contributed by atoms with Crippen LogP contribution in [0.1, 0.15) is 5.56 Å². The Morgan fingerprint density at radius 1 is 1.17 bits per heavy atom. The number of nitrogens with zero attached hydrogens (tertiary/aromatic N) is 1. The van der Waals surface area contributed by atoms with E-state index in [1.807, 2.05) is 43.4 Å². The smallest absolute Gasteiger partial charge is 0.268 e. The van der Waals surface area contributed by atoms with Crippen LogP contribution in [0.5, 0.6) is 0 Å². The molecular weight excluding hydrogens is 352 g/mol. The summed E-state index contributed by atoms with van der Waals surface area (Å²) in [6, 6.07) is 13.1. The number of halogens is 1. The van der Waals surface area contributed by atoms with Gasteiger partial charge >= 0.3 is 0 Å². The van der Waals surface area contributed by atoms with Gasteiger partial charge in [-0.05, 0) is 35.7 Å². The fourth-order valence-electron chi connectivity index (χ4n) is 2.33. The van der Waals surface area contributed by atoms with Crippen molar-refractivity contribution in [3.05, 3.63) is 65.0 Å². The number of nitrogens with one attached hydrogen (secondary N) is 1. The van der Waals surface area contributed by atoms with Crippen molar-refractivity contribution in [2.45, 2.75) is 11.4 Å². The molecule has 0 spiro atoms. The predicted octanol–water partition coefficient (Wildman–Crippen LogP) is 3.59. The Morgan fingerprint density at radius 2 is 1.91 bits per heavy atom. The zero-order valence-corrected chi connectivity index (χ0v) is 14.9. The second-order valence-electron chi connectivity index (χ2n) is 4.89. The first kappa shape index (κ1) is 17.7. The Kier molecular flexibility index (Phi) is 5.64. The summed E-state index contributed by atoms with van der Waals surface area (Å²) in [6.45, 7) is 0.617. The molecule has 0 aliphatic heterocycles. The van der Waals surface area contributed by atoms with E-state index in [0.717, 1.165) is 11.1 Å². The molecule has 3 aromatic rings. The van der Waals surface area contributed by atoms with Crippen LogP contribution in [0.2, 0.25) is 0 Å². The van der Waals surface area contributed by atoms with Gasteiger partial charge in [0, 0.05) is 18.1 Å². The maximum atomic E-state index is 12.9. The highest BCUT2D eigenvalue weighted by Gasteiger charge is 2.21. The summed E-state index contributed by atoms with van der Waals surface area (Å²) < 4.78 is 27.1. The van der Waals surface area contributed by atoms with Gasteiger partial charge in [0.2, 0.25) is 0 Å². The highest BCUT2D eigenvalue weighted by atomic mass is 35.5. The molecule has 0 amide bonds. The second kappa shape index (κ2) is 7.31. The van der Waals surface area contributed by atoms with Crippen molar-refractivity contribution in [1.82, 2.24) is 9.29 Å². The number of rotatable bonds is 5. The molecule has 122 valence electrons. The van der Waals surface area contributed by atoms with Crippen LogP contribution in [-0.2, 0) is 16.6 Å². The van der Waals surface area contributed by atoms with Crippen molar-refractivity contribution in [2.75, 3.05) is 7.05 Å². The Hall–Kier alpha value is -1.60. The van der Waals surface area contributed by atoms with E-state index < -0.39 is 10.0 Å². The average Bonchev–Trinajstić information content (AvgIpc) is 3.18. The van der Waals surface area contributed by atoms with Crippen molar-refractivity contribution in [2.24, 2.45) is 0 Å². The standard InChI is InChI=1S/C16H16N2O2S2.ClH/c1-17-10-13-9-16(14-5-3-2-4-6-14)18(11-13)22(19,20)15-7-8-21-12-15;/h2-9,11-12,17H,10H2,1H3;1H. The van der Waals surface area contributed by atoms with Crippen molar-refractivity contribution < 1.29 is 8.42 Å². The van der Waals surface area contributed by atoms with Gasteiger partial charge in [0.05, 0.1) is 10.6 Å². The number of hydrogen-bond donors (Lipinski definition) is 1. The summed E-state index contributed by atoms with van der Waals surface area (Å²) in [6.07, 6.45) is 1.69. The quantitative estimate of drug-likeness (QED) is 0.748. The topological polar surface area (TPSA) is 51.1 Å². The van der Waals surface area contributed by atoms with Gasteiger partial charge in [-0.25, -0.2) is 12.4 Å². The second-order valence-corrected chi connectivity index (χ2v) is 7.48. The van der Waals surface area contributed by atoms with Gasteiger partial charge in [-0.1, -0.05) is 30.3 Å².